The van der Waals surface area contributed by atoms with E-state index >= 15 is 0 Å². The van der Waals surface area contributed by atoms with E-state index in [1.165, 1.54) is 24.9 Å². The number of fused-ring (bicyclic) bond motifs is 1. The zero-order valence-electron chi connectivity index (χ0n) is 17.1. The first-order chi connectivity index (χ1) is 14.5. The van der Waals surface area contributed by atoms with E-state index in [2.05, 4.69) is 4.99 Å². The van der Waals surface area contributed by atoms with Gasteiger partial charge in [0.15, 0.2) is 5.17 Å². The fourth-order valence-electron chi connectivity index (χ4n) is 4.14. The molecule has 3 aliphatic rings. The van der Waals surface area contributed by atoms with Crippen molar-refractivity contribution in [1.29, 1.82) is 0 Å². The number of thioether (sulfide) groups is 1. The first-order valence-corrected chi connectivity index (χ1v) is 11.0. The van der Waals surface area contributed by atoms with Crippen LogP contribution in [-0.4, -0.2) is 47.0 Å². The van der Waals surface area contributed by atoms with Gasteiger partial charge in [0.2, 0.25) is 5.91 Å². The predicted octanol–water partition coefficient (Wildman–Crippen LogP) is 3.98. The number of aliphatic imine (C=N–C) groups is 1. The van der Waals surface area contributed by atoms with Crippen molar-refractivity contribution < 1.29 is 18.7 Å². The second-order valence-electron chi connectivity index (χ2n) is 7.39. The van der Waals surface area contributed by atoms with Crippen LogP contribution < -0.4 is 0 Å². The molecule has 1 aromatic carbocycles. The van der Waals surface area contributed by atoms with Gasteiger partial charge in [0.25, 0.3) is 0 Å². The highest BCUT2D eigenvalue weighted by Crippen LogP contribution is 2.46. The normalized spacial score (nSPS) is 20.8. The molecule has 1 amide bonds. The summed E-state index contributed by atoms with van der Waals surface area (Å²) in [6, 6.07) is 5.68. The Bertz CT molecular complexity index is 966. The molecular formula is C22H24FN3O3S. The smallest absolute Gasteiger partial charge is 0.338 e. The van der Waals surface area contributed by atoms with Crippen LogP contribution in [-0.2, 0) is 14.3 Å². The lowest BCUT2D eigenvalue weighted by Gasteiger charge is -2.36. The third-order valence-electron chi connectivity index (χ3n) is 5.62. The van der Waals surface area contributed by atoms with Crippen LogP contribution >= 0.6 is 11.8 Å². The molecule has 0 N–H and O–H groups in total. The van der Waals surface area contributed by atoms with E-state index < -0.39 is 17.8 Å². The number of benzene rings is 1. The number of carbonyl (C=O) groups excluding carboxylic acids is 2. The summed E-state index contributed by atoms with van der Waals surface area (Å²) in [5.41, 5.74) is 1.98. The van der Waals surface area contributed by atoms with E-state index in [1.807, 2.05) is 22.1 Å². The lowest BCUT2D eigenvalue weighted by Crippen LogP contribution is -2.38. The van der Waals surface area contributed by atoms with Crippen LogP contribution in [0, 0.1) is 5.82 Å². The minimum atomic E-state index is -0.728. The number of methoxy groups -OCH3 is 1. The Kier molecular flexibility index (Phi) is 5.94. The highest BCUT2D eigenvalue weighted by molar-refractivity contribution is 8.16. The van der Waals surface area contributed by atoms with E-state index in [1.54, 1.807) is 18.2 Å². The Labute approximate surface area is 179 Å². The molecule has 1 aromatic rings. The Hall–Kier alpha value is -2.61. The minimum absolute atomic E-state index is 0.0396. The topological polar surface area (TPSA) is 62.2 Å². The fourth-order valence-corrected chi connectivity index (χ4v) is 5.07. The number of allylic oxidation sites excluding steroid dienone is 1. The minimum Gasteiger partial charge on any atom is -0.466 e. The largest absolute Gasteiger partial charge is 0.466 e. The number of esters is 1. The number of carbonyl (C=O) groups is 2. The maximum absolute atomic E-state index is 14.9. The van der Waals surface area contributed by atoms with Gasteiger partial charge < -0.3 is 14.5 Å². The van der Waals surface area contributed by atoms with Crippen LogP contribution in [0.25, 0.3) is 0 Å². The number of hydrogen-bond acceptors (Lipinski definition) is 6. The molecule has 158 valence electrons. The number of nitrogens with zero attached hydrogens (tertiary/aromatic N) is 3. The summed E-state index contributed by atoms with van der Waals surface area (Å²) in [5, 5.41) is 2.53. The van der Waals surface area contributed by atoms with Crippen LogP contribution in [0.5, 0.6) is 0 Å². The zero-order valence-corrected chi connectivity index (χ0v) is 17.9. The van der Waals surface area contributed by atoms with Crippen LogP contribution in [0.15, 0.2) is 51.6 Å². The highest BCUT2D eigenvalue weighted by atomic mass is 32.2. The van der Waals surface area contributed by atoms with E-state index in [9.17, 15) is 14.0 Å². The molecule has 0 radical (unpaired) electrons. The summed E-state index contributed by atoms with van der Waals surface area (Å²) in [6.07, 6.45) is 2.73. The molecule has 1 atom stereocenters. The molecule has 0 unspecified atom stereocenters. The van der Waals surface area contributed by atoms with Crippen molar-refractivity contribution in [1.82, 2.24) is 9.80 Å². The lowest BCUT2D eigenvalue weighted by atomic mass is 9.92. The molecule has 0 saturated carbocycles. The number of amides is 1. The first-order valence-electron chi connectivity index (χ1n) is 10.1. The Morgan fingerprint density at radius 3 is 2.67 bits per heavy atom. The number of ether oxygens (including phenoxy) is 1. The monoisotopic (exact) mass is 429 g/mol. The average Bonchev–Trinajstić information content (AvgIpc) is 3.43. The van der Waals surface area contributed by atoms with Crippen molar-refractivity contribution in [2.24, 2.45) is 4.99 Å². The molecule has 8 heteroatoms. The summed E-state index contributed by atoms with van der Waals surface area (Å²) < 4.78 is 19.9. The van der Waals surface area contributed by atoms with Gasteiger partial charge in [0.05, 0.1) is 30.8 Å². The number of likely N-dealkylation sites (tertiary alicyclic amines) is 1. The second-order valence-corrected chi connectivity index (χ2v) is 8.22. The first kappa shape index (κ1) is 20.7. The van der Waals surface area contributed by atoms with Crippen molar-refractivity contribution in [3.05, 3.63) is 58.0 Å². The molecular weight excluding hydrogens is 405 g/mol. The summed E-state index contributed by atoms with van der Waals surface area (Å²) in [4.78, 5) is 33.9. The summed E-state index contributed by atoms with van der Waals surface area (Å²) in [5.74, 6) is -0.912. The van der Waals surface area contributed by atoms with E-state index in [0.29, 0.717) is 28.4 Å². The molecule has 3 aliphatic heterocycles. The Morgan fingerprint density at radius 1 is 1.27 bits per heavy atom. The number of halogens is 1. The molecule has 0 spiro atoms. The van der Waals surface area contributed by atoms with Gasteiger partial charge in [-0.2, -0.15) is 0 Å². The number of rotatable bonds is 5. The van der Waals surface area contributed by atoms with Gasteiger partial charge in [-0.1, -0.05) is 36.9 Å². The molecule has 3 heterocycles. The molecule has 0 bridgehead atoms. The SMILES string of the molecule is CCC1=C(C(=O)OC)[C@H](c2ccccc2F)N2C(CC(=O)N3CCCC3)=CSC2=N1. The van der Waals surface area contributed by atoms with E-state index in [0.717, 1.165) is 31.6 Å². The van der Waals surface area contributed by atoms with Gasteiger partial charge in [-0.3, -0.25) is 4.79 Å². The van der Waals surface area contributed by atoms with Crippen LogP contribution in [0.1, 0.15) is 44.2 Å². The molecule has 4 rings (SSSR count). The Morgan fingerprint density at radius 2 is 2.00 bits per heavy atom. The average molecular weight is 430 g/mol. The molecule has 30 heavy (non-hydrogen) atoms. The zero-order chi connectivity index (χ0) is 21.3. The maximum Gasteiger partial charge on any atom is 0.338 e. The lowest BCUT2D eigenvalue weighted by molar-refractivity contribution is -0.136. The van der Waals surface area contributed by atoms with Gasteiger partial charge in [-0.15, -0.1) is 0 Å². The fraction of sp³-hybridized carbons (Fsp3) is 0.409. The quantitative estimate of drug-likeness (QED) is 0.663. The van der Waals surface area contributed by atoms with Crippen molar-refractivity contribution in [2.45, 2.75) is 38.6 Å². The summed E-state index contributed by atoms with van der Waals surface area (Å²) in [6.45, 7) is 3.44. The Balaban J connectivity index is 1.76. The third kappa shape index (κ3) is 3.64. The van der Waals surface area contributed by atoms with Crippen LogP contribution in [0.3, 0.4) is 0 Å². The van der Waals surface area contributed by atoms with Crippen LogP contribution in [0.4, 0.5) is 4.39 Å². The van der Waals surface area contributed by atoms with Gasteiger partial charge in [0.1, 0.15) is 5.82 Å². The summed E-state index contributed by atoms with van der Waals surface area (Å²) in [7, 11) is 1.31. The highest BCUT2D eigenvalue weighted by Gasteiger charge is 2.42. The molecule has 6 nitrogen and oxygen atoms in total. The van der Waals surface area contributed by atoms with Crippen LogP contribution in [0.2, 0.25) is 0 Å². The standard InChI is InChI=1S/C22H24FN3O3S/c1-3-17-19(21(28)29-2)20(15-8-4-5-9-16(15)23)26-14(13-30-22(26)24-17)12-18(27)25-10-6-7-11-25/h4-5,8-9,13,20H,3,6-7,10-12H2,1-2H3/t20-/m0/s1. The van der Waals surface area contributed by atoms with E-state index in [4.69, 9.17) is 4.74 Å². The van der Waals surface area contributed by atoms with Crippen molar-refractivity contribution in [3.8, 4) is 0 Å². The molecule has 1 fully saturated rings. The number of hydrogen-bond donors (Lipinski definition) is 0. The van der Waals surface area contributed by atoms with Crippen molar-refractivity contribution >= 4 is 28.8 Å². The van der Waals surface area contributed by atoms with Gasteiger partial charge in [-0.05, 0) is 30.7 Å². The van der Waals surface area contributed by atoms with Crippen molar-refractivity contribution in [3.63, 3.8) is 0 Å². The third-order valence-corrected chi connectivity index (χ3v) is 6.51. The van der Waals surface area contributed by atoms with Gasteiger partial charge in [-0.25, -0.2) is 14.2 Å². The predicted molar refractivity (Wildman–Crippen MR) is 114 cm³/mol. The molecule has 0 aliphatic carbocycles. The van der Waals surface area contributed by atoms with Gasteiger partial charge >= 0.3 is 5.97 Å². The van der Waals surface area contributed by atoms with E-state index in [-0.39, 0.29) is 12.3 Å². The summed E-state index contributed by atoms with van der Waals surface area (Å²) >= 11 is 1.40. The maximum atomic E-state index is 14.9. The second kappa shape index (κ2) is 8.63. The molecule has 0 aromatic heterocycles. The van der Waals surface area contributed by atoms with Gasteiger partial charge in [0, 0.05) is 24.4 Å². The molecule has 1 saturated heterocycles. The number of amidine groups is 1. The van der Waals surface area contributed by atoms with Crippen molar-refractivity contribution in [2.75, 3.05) is 20.2 Å².